The molecular weight excluding hydrogens is 294 g/mol. The predicted octanol–water partition coefficient (Wildman–Crippen LogP) is 4.82. The van der Waals surface area contributed by atoms with Crippen molar-refractivity contribution in [3.05, 3.63) is 28.0 Å². The number of anilines is 1. The summed E-state index contributed by atoms with van der Waals surface area (Å²) in [5.41, 5.74) is 0.580. The van der Waals surface area contributed by atoms with Crippen molar-refractivity contribution in [2.45, 2.75) is 25.8 Å². The monoisotopic (exact) mass is 306 g/mol. The van der Waals surface area contributed by atoms with Gasteiger partial charge in [-0.3, -0.25) is 4.99 Å². The number of aliphatic imine (C=N–C) groups is 1. The Bertz CT molecular complexity index is 480. The van der Waals surface area contributed by atoms with Crippen molar-refractivity contribution < 1.29 is 4.39 Å². The first-order valence-electron chi connectivity index (χ1n) is 5.52. The Morgan fingerprint density at radius 3 is 2.50 bits per heavy atom. The van der Waals surface area contributed by atoms with Gasteiger partial charge in [-0.2, -0.15) is 0 Å². The van der Waals surface area contributed by atoms with Crippen LogP contribution in [0, 0.1) is 5.82 Å². The Morgan fingerprint density at radius 2 is 1.94 bits per heavy atom. The summed E-state index contributed by atoms with van der Waals surface area (Å²) in [6, 6.07) is 3.01. The second-order valence-electron chi connectivity index (χ2n) is 4.71. The molecule has 0 fully saturated rings. The summed E-state index contributed by atoms with van der Waals surface area (Å²) >= 11 is 13.1. The summed E-state index contributed by atoms with van der Waals surface area (Å²) < 4.78 is 13.3. The maximum atomic E-state index is 13.3. The van der Waals surface area contributed by atoms with Crippen LogP contribution in [0.15, 0.2) is 17.1 Å². The largest absolute Gasteiger partial charge is 0.335 e. The van der Waals surface area contributed by atoms with Gasteiger partial charge in [-0.25, -0.2) is 4.39 Å². The number of benzene rings is 1. The molecule has 2 nitrogen and oxygen atoms in total. The van der Waals surface area contributed by atoms with Crippen LogP contribution in [0.25, 0.3) is 0 Å². The smallest absolute Gasteiger partial charge is 0.161 e. The number of nitrogens with one attached hydrogen (secondary N) is 1. The van der Waals surface area contributed by atoms with Gasteiger partial charge in [-0.1, -0.05) is 35.0 Å². The predicted molar refractivity (Wildman–Crippen MR) is 78.6 cm³/mol. The standard InChI is InChI=1S/C12H13Cl2FN2S/c1-12(2)3-4-18-11(17-12)16-7-5-8(13)10(15)9(14)6-7/h5-6H,3-4H2,1-2H3,(H,16,17). The Balaban J connectivity index is 2.22. The number of hydrogen-bond donors (Lipinski definition) is 1. The summed E-state index contributed by atoms with van der Waals surface area (Å²) in [6.45, 7) is 4.16. The van der Waals surface area contributed by atoms with E-state index in [1.165, 1.54) is 12.1 Å². The number of hydrogen-bond acceptors (Lipinski definition) is 3. The number of nitrogens with zero attached hydrogens (tertiary/aromatic N) is 1. The fourth-order valence-electron chi connectivity index (χ4n) is 1.58. The molecule has 6 heteroatoms. The summed E-state index contributed by atoms with van der Waals surface area (Å²) in [7, 11) is 0. The van der Waals surface area contributed by atoms with Gasteiger partial charge in [0.15, 0.2) is 11.0 Å². The first-order valence-corrected chi connectivity index (χ1v) is 7.26. The van der Waals surface area contributed by atoms with E-state index < -0.39 is 5.82 Å². The van der Waals surface area contributed by atoms with Crippen molar-refractivity contribution >= 4 is 45.8 Å². The lowest BCUT2D eigenvalue weighted by Crippen LogP contribution is -2.27. The number of halogens is 3. The highest BCUT2D eigenvalue weighted by Crippen LogP contribution is 2.30. The van der Waals surface area contributed by atoms with Crippen molar-refractivity contribution in [2.75, 3.05) is 11.1 Å². The minimum atomic E-state index is -0.595. The molecule has 1 N–H and O–H groups in total. The van der Waals surface area contributed by atoms with Crippen LogP contribution < -0.4 is 5.32 Å². The Kier molecular flexibility index (Phi) is 4.09. The van der Waals surface area contributed by atoms with E-state index in [1.54, 1.807) is 11.8 Å². The maximum absolute atomic E-state index is 13.3. The summed E-state index contributed by atoms with van der Waals surface area (Å²) in [5, 5.41) is 3.94. The first-order chi connectivity index (χ1) is 8.37. The van der Waals surface area contributed by atoms with E-state index in [1.807, 2.05) is 0 Å². The molecule has 1 aliphatic heterocycles. The normalized spacial score (nSPS) is 18.4. The van der Waals surface area contributed by atoms with Crippen LogP contribution in [0.5, 0.6) is 0 Å². The van der Waals surface area contributed by atoms with Crippen molar-refractivity contribution in [1.29, 1.82) is 0 Å². The van der Waals surface area contributed by atoms with Crippen molar-refractivity contribution in [2.24, 2.45) is 4.99 Å². The van der Waals surface area contributed by atoms with E-state index in [0.717, 1.165) is 17.3 Å². The second kappa shape index (κ2) is 5.27. The fourth-order valence-corrected chi connectivity index (χ4v) is 3.36. The zero-order valence-corrected chi connectivity index (χ0v) is 12.4. The van der Waals surface area contributed by atoms with Gasteiger partial charge in [0.1, 0.15) is 0 Å². The third-order valence-electron chi connectivity index (χ3n) is 2.59. The molecule has 98 valence electrons. The van der Waals surface area contributed by atoms with Crippen LogP contribution in [-0.4, -0.2) is 16.5 Å². The van der Waals surface area contributed by atoms with Crippen molar-refractivity contribution in [3.8, 4) is 0 Å². The van der Waals surface area contributed by atoms with Gasteiger partial charge in [0, 0.05) is 11.4 Å². The molecule has 1 aromatic carbocycles. The second-order valence-corrected chi connectivity index (χ2v) is 6.60. The van der Waals surface area contributed by atoms with Gasteiger partial charge in [-0.05, 0) is 32.4 Å². The fraction of sp³-hybridized carbons (Fsp3) is 0.417. The van der Waals surface area contributed by atoms with Crippen LogP contribution in [-0.2, 0) is 0 Å². The molecule has 1 heterocycles. The van der Waals surface area contributed by atoms with E-state index in [0.29, 0.717) is 5.69 Å². The van der Waals surface area contributed by atoms with E-state index >= 15 is 0 Å². The van der Waals surface area contributed by atoms with E-state index in [9.17, 15) is 4.39 Å². The molecule has 1 aliphatic rings. The average molecular weight is 307 g/mol. The molecule has 0 amide bonds. The molecule has 0 spiro atoms. The van der Waals surface area contributed by atoms with Gasteiger partial charge < -0.3 is 5.32 Å². The van der Waals surface area contributed by atoms with Gasteiger partial charge >= 0.3 is 0 Å². The topological polar surface area (TPSA) is 24.4 Å². The molecule has 0 aliphatic carbocycles. The van der Waals surface area contributed by atoms with Gasteiger partial charge in [0.25, 0.3) is 0 Å². The molecule has 0 saturated heterocycles. The average Bonchev–Trinajstić information content (AvgIpc) is 2.24. The van der Waals surface area contributed by atoms with Crippen LogP contribution in [0.4, 0.5) is 10.1 Å². The molecule has 18 heavy (non-hydrogen) atoms. The Hall–Kier alpha value is -0.450. The zero-order chi connectivity index (χ0) is 13.3. The zero-order valence-electron chi connectivity index (χ0n) is 10.1. The summed E-state index contributed by atoms with van der Waals surface area (Å²) in [6.07, 6.45) is 1.04. The van der Waals surface area contributed by atoms with Crippen molar-refractivity contribution in [1.82, 2.24) is 0 Å². The van der Waals surface area contributed by atoms with Gasteiger partial charge in [0.2, 0.25) is 0 Å². The van der Waals surface area contributed by atoms with Crippen LogP contribution in [0.3, 0.4) is 0 Å². The number of rotatable bonds is 1. The van der Waals surface area contributed by atoms with Gasteiger partial charge in [0.05, 0.1) is 15.6 Å². The van der Waals surface area contributed by atoms with Crippen LogP contribution in [0.2, 0.25) is 10.0 Å². The van der Waals surface area contributed by atoms with Gasteiger partial charge in [-0.15, -0.1) is 0 Å². The highest BCUT2D eigenvalue weighted by atomic mass is 35.5. The van der Waals surface area contributed by atoms with Crippen LogP contribution in [0.1, 0.15) is 20.3 Å². The molecule has 0 saturated carbocycles. The molecule has 1 aromatic rings. The molecule has 0 atom stereocenters. The summed E-state index contributed by atoms with van der Waals surface area (Å²) in [4.78, 5) is 4.58. The maximum Gasteiger partial charge on any atom is 0.161 e. The Labute approximate surface area is 120 Å². The highest BCUT2D eigenvalue weighted by molar-refractivity contribution is 8.14. The SMILES string of the molecule is CC1(C)CCSC(Nc2cc(Cl)c(F)c(Cl)c2)=N1. The van der Waals surface area contributed by atoms with E-state index in [-0.39, 0.29) is 15.6 Å². The minimum absolute atomic E-state index is 0.00525. The molecule has 0 bridgehead atoms. The minimum Gasteiger partial charge on any atom is -0.335 e. The Morgan fingerprint density at radius 1 is 1.33 bits per heavy atom. The lowest BCUT2D eigenvalue weighted by atomic mass is 10.0. The highest BCUT2D eigenvalue weighted by Gasteiger charge is 2.22. The first kappa shape index (κ1) is 14.0. The number of thioether (sulfide) groups is 1. The van der Waals surface area contributed by atoms with Crippen LogP contribution >= 0.6 is 35.0 Å². The quantitative estimate of drug-likeness (QED) is 0.753. The molecular formula is C12H13Cl2FN2S. The van der Waals surface area contributed by atoms with Crippen molar-refractivity contribution in [3.63, 3.8) is 0 Å². The molecule has 0 radical (unpaired) electrons. The van der Waals surface area contributed by atoms with E-state index in [4.69, 9.17) is 23.2 Å². The lowest BCUT2D eigenvalue weighted by Gasteiger charge is -2.26. The molecule has 2 rings (SSSR count). The number of amidine groups is 1. The third-order valence-corrected chi connectivity index (χ3v) is 4.02. The third kappa shape index (κ3) is 3.31. The lowest BCUT2D eigenvalue weighted by molar-refractivity contribution is 0.507. The molecule has 0 unspecified atom stereocenters. The molecule has 0 aromatic heterocycles. The summed E-state index contributed by atoms with van der Waals surface area (Å²) in [5.74, 6) is 0.407. The van der Waals surface area contributed by atoms with E-state index in [2.05, 4.69) is 24.2 Å².